The summed E-state index contributed by atoms with van der Waals surface area (Å²) in [5.41, 5.74) is 2.65. The van der Waals surface area contributed by atoms with E-state index < -0.39 is 5.91 Å². The molecule has 0 bridgehead atoms. The van der Waals surface area contributed by atoms with E-state index in [0.29, 0.717) is 11.3 Å². The summed E-state index contributed by atoms with van der Waals surface area (Å²) in [6.07, 6.45) is 1.48. The second-order valence-electron chi connectivity index (χ2n) is 2.25. The summed E-state index contributed by atoms with van der Waals surface area (Å²) in [6.45, 7) is 0. The first-order chi connectivity index (χ1) is 6.29. The van der Waals surface area contributed by atoms with Gasteiger partial charge in [0.25, 0.3) is 5.91 Å². The van der Waals surface area contributed by atoms with Gasteiger partial charge in [-0.15, -0.1) is 0 Å². The normalized spacial score (nSPS) is 9.00. The molecule has 13 heavy (non-hydrogen) atoms. The van der Waals surface area contributed by atoms with Gasteiger partial charge in [-0.1, -0.05) is 12.1 Å². The number of amides is 2. The fraction of sp³-hybridized carbons (Fsp3) is 0. The lowest BCUT2D eigenvalue weighted by Gasteiger charge is -2.04. The maximum absolute atomic E-state index is 11.1. The van der Waals surface area contributed by atoms with E-state index in [4.69, 9.17) is 5.84 Å². The van der Waals surface area contributed by atoms with Crippen molar-refractivity contribution >= 4 is 18.0 Å². The topological polar surface area (TPSA) is 84.2 Å². The van der Waals surface area contributed by atoms with Crippen LogP contribution in [0.25, 0.3) is 0 Å². The summed E-state index contributed by atoms with van der Waals surface area (Å²) in [6, 6.07) is 6.48. The zero-order valence-corrected chi connectivity index (χ0v) is 6.70. The van der Waals surface area contributed by atoms with Gasteiger partial charge in [0, 0.05) is 0 Å². The standard InChI is InChI=1S/C8H8N3O2/c9-11-8(13)6-3-1-2-4-7(6)10-5-12/h1-4H,9H2,(H,10,12)(H,11,13). The summed E-state index contributed by atoms with van der Waals surface area (Å²) in [5, 5.41) is 2.27. The first-order valence-electron chi connectivity index (χ1n) is 3.52. The van der Waals surface area contributed by atoms with Gasteiger partial charge in [-0.05, 0) is 12.1 Å². The molecule has 67 valence electrons. The fourth-order valence-electron chi connectivity index (χ4n) is 0.923. The molecule has 1 aromatic carbocycles. The lowest BCUT2D eigenvalue weighted by atomic mass is 10.1. The number of hydrazine groups is 1. The average Bonchev–Trinajstić information content (AvgIpc) is 2.18. The minimum atomic E-state index is -0.460. The molecule has 1 aromatic rings. The average molecular weight is 178 g/mol. The third kappa shape index (κ3) is 2.03. The Balaban J connectivity index is 3.03. The molecule has 1 radical (unpaired) electrons. The molecular weight excluding hydrogens is 170 g/mol. The lowest BCUT2D eigenvalue weighted by molar-refractivity contribution is 0.0954. The van der Waals surface area contributed by atoms with Gasteiger partial charge < -0.3 is 5.32 Å². The summed E-state index contributed by atoms with van der Waals surface area (Å²) in [5.74, 6) is 4.48. The Labute approximate surface area is 74.9 Å². The number of hydrogen-bond donors (Lipinski definition) is 3. The predicted octanol–water partition coefficient (Wildman–Crippen LogP) is -0.231. The summed E-state index contributed by atoms with van der Waals surface area (Å²) in [4.78, 5) is 21.1. The Bertz CT molecular complexity index is 325. The zero-order valence-electron chi connectivity index (χ0n) is 6.70. The van der Waals surface area contributed by atoms with E-state index in [-0.39, 0.29) is 0 Å². The van der Waals surface area contributed by atoms with E-state index in [1.54, 1.807) is 24.3 Å². The van der Waals surface area contributed by atoms with Crippen LogP contribution < -0.4 is 16.6 Å². The van der Waals surface area contributed by atoms with Gasteiger partial charge in [0.2, 0.25) is 0 Å². The van der Waals surface area contributed by atoms with Crippen molar-refractivity contribution in [2.45, 2.75) is 0 Å². The molecule has 0 aliphatic rings. The van der Waals surface area contributed by atoms with E-state index in [2.05, 4.69) is 5.32 Å². The molecule has 0 heterocycles. The highest BCUT2D eigenvalue weighted by molar-refractivity contribution is 6.00. The Kier molecular flexibility index (Phi) is 2.99. The number of benzene rings is 1. The molecule has 0 saturated heterocycles. The Morgan fingerprint density at radius 1 is 1.38 bits per heavy atom. The van der Waals surface area contributed by atoms with Crippen molar-refractivity contribution in [1.29, 1.82) is 0 Å². The van der Waals surface area contributed by atoms with Crippen molar-refractivity contribution in [3.05, 3.63) is 29.8 Å². The van der Waals surface area contributed by atoms with E-state index in [1.165, 1.54) is 6.41 Å². The number of carbonyl (C=O) groups excluding carboxylic acids is 2. The molecular formula is C8H8N3O2. The minimum absolute atomic E-state index is 0.299. The van der Waals surface area contributed by atoms with Crippen LogP contribution in [-0.4, -0.2) is 12.3 Å². The minimum Gasteiger partial charge on any atom is -0.317 e. The SMILES string of the molecule is NNC(=O)c1ccccc1N[C]=O. The van der Waals surface area contributed by atoms with Crippen molar-refractivity contribution in [3.8, 4) is 0 Å². The first-order valence-corrected chi connectivity index (χ1v) is 3.52. The van der Waals surface area contributed by atoms with Crippen molar-refractivity contribution in [2.24, 2.45) is 5.84 Å². The zero-order chi connectivity index (χ0) is 9.68. The Morgan fingerprint density at radius 3 is 2.69 bits per heavy atom. The largest absolute Gasteiger partial charge is 0.317 e. The molecule has 5 heteroatoms. The lowest BCUT2D eigenvalue weighted by Crippen LogP contribution is -2.30. The molecule has 0 saturated carbocycles. The Hall–Kier alpha value is -1.88. The maximum Gasteiger partial charge on any atom is 0.314 e. The number of para-hydroxylation sites is 1. The predicted molar refractivity (Wildman–Crippen MR) is 47.4 cm³/mol. The smallest absolute Gasteiger partial charge is 0.314 e. The molecule has 2 amide bonds. The highest BCUT2D eigenvalue weighted by Gasteiger charge is 2.07. The highest BCUT2D eigenvalue weighted by atomic mass is 16.2. The molecule has 0 aromatic heterocycles. The van der Waals surface area contributed by atoms with Gasteiger partial charge in [-0.25, -0.2) is 5.84 Å². The molecule has 5 nitrogen and oxygen atoms in total. The van der Waals surface area contributed by atoms with Crippen molar-refractivity contribution in [2.75, 3.05) is 5.32 Å². The van der Waals surface area contributed by atoms with E-state index in [9.17, 15) is 9.59 Å². The van der Waals surface area contributed by atoms with Crippen LogP contribution in [-0.2, 0) is 4.79 Å². The van der Waals surface area contributed by atoms with Crippen LogP contribution in [0.4, 0.5) is 5.69 Å². The summed E-state index contributed by atoms with van der Waals surface area (Å²) in [7, 11) is 0. The summed E-state index contributed by atoms with van der Waals surface area (Å²) < 4.78 is 0. The highest BCUT2D eigenvalue weighted by Crippen LogP contribution is 2.13. The number of nitrogen functional groups attached to an aromatic ring is 1. The van der Waals surface area contributed by atoms with Crippen LogP contribution in [0.3, 0.4) is 0 Å². The number of hydrogen-bond acceptors (Lipinski definition) is 3. The molecule has 0 fully saturated rings. The van der Waals surface area contributed by atoms with Gasteiger partial charge >= 0.3 is 6.41 Å². The van der Waals surface area contributed by atoms with Crippen LogP contribution in [0.1, 0.15) is 10.4 Å². The van der Waals surface area contributed by atoms with Crippen LogP contribution >= 0.6 is 0 Å². The van der Waals surface area contributed by atoms with Crippen LogP contribution in [0.2, 0.25) is 0 Å². The van der Waals surface area contributed by atoms with Gasteiger partial charge in [-0.3, -0.25) is 15.0 Å². The van der Waals surface area contributed by atoms with Crippen LogP contribution in [0.15, 0.2) is 24.3 Å². The van der Waals surface area contributed by atoms with E-state index >= 15 is 0 Å². The molecule has 0 spiro atoms. The molecule has 0 aliphatic carbocycles. The Morgan fingerprint density at radius 2 is 2.08 bits per heavy atom. The second kappa shape index (κ2) is 4.22. The molecule has 0 unspecified atom stereocenters. The number of nitrogens with two attached hydrogens (primary N) is 1. The summed E-state index contributed by atoms with van der Waals surface area (Å²) >= 11 is 0. The number of anilines is 1. The fourth-order valence-corrected chi connectivity index (χ4v) is 0.923. The van der Waals surface area contributed by atoms with Crippen LogP contribution in [0.5, 0.6) is 0 Å². The van der Waals surface area contributed by atoms with Crippen molar-refractivity contribution in [3.63, 3.8) is 0 Å². The van der Waals surface area contributed by atoms with Crippen molar-refractivity contribution < 1.29 is 9.59 Å². The first kappa shape index (κ1) is 9.21. The van der Waals surface area contributed by atoms with Gasteiger partial charge in [-0.2, -0.15) is 0 Å². The quantitative estimate of drug-likeness (QED) is 0.259. The van der Waals surface area contributed by atoms with Crippen LogP contribution in [0, 0.1) is 0 Å². The van der Waals surface area contributed by atoms with E-state index in [1.807, 2.05) is 5.43 Å². The number of rotatable bonds is 3. The maximum atomic E-state index is 11.1. The third-order valence-electron chi connectivity index (χ3n) is 1.49. The molecule has 4 N–H and O–H groups in total. The molecule has 1 rings (SSSR count). The third-order valence-corrected chi connectivity index (χ3v) is 1.49. The van der Waals surface area contributed by atoms with Gasteiger partial charge in [0.15, 0.2) is 0 Å². The van der Waals surface area contributed by atoms with Gasteiger partial charge in [0.05, 0.1) is 11.3 Å². The van der Waals surface area contributed by atoms with E-state index in [0.717, 1.165) is 0 Å². The number of carbonyl (C=O) groups is 1. The monoisotopic (exact) mass is 178 g/mol. The number of nitrogens with one attached hydrogen (secondary N) is 2. The molecule has 0 atom stereocenters. The molecule has 0 aliphatic heterocycles. The second-order valence-corrected chi connectivity index (χ2v) is 2.25. The van der Waals surface area contributed by atoms with Crippen molar-refractivity contribution in [1.82, 2.24) is 5.43 Å². The van der Waals surface area contributed by atoms with Gasteiger partial charge in [0.1, 0.15) is 0 Å².